The van der Waals surface area contributed by atoms with E-state index in [-0.39, 0.29) is 0 Å². The average Bonchev–Trinajstić information content (AvgIpc) is 4.39. The molecule has 0 radical (unpaired) electrons. The fourth-order valence-electron chi connectivity index (χ4n) is 11.4. The molecule has 3 aromatic heterocycles. The summed E-state index contributed by atoms with van der Waals surface area (Å²) >= 11 is 3.74. The topological polar surface area (TPSA) is 11.4 Å². The molecule has 0 N–H and O–H groups in total. The first-order chi connectivity index (χ1) is 39.0. The number of hydrogen-bond acceptors (Lipinski definition) is 4. The van der Waals surface area contributed by atoms with Crippen molar-refractivity contribution in [1.29, 1.82) is 0 Å². The van der Waals surface area contributed by atoms with Crippen molar-refractivity contribution in [3.8, 4) is 27.9 Å². The molecule has 1 aliphatic rings. The largest absolute Gasteiger partial charge is 0.314 e. The number of para-hydroxylation sites is 1. The number of hydrogen-bond donors (Lipinski definition) is 0. The van der Waals surface area contributed by atoms with Gasteiger partial charge in [0.05, 0.1) is 11.0 Å². The van der Waals surface area contributed by atoms with E-state index in [0.29, 0.717) is 0 Å². The van der Waals surface area contributed by atoms with Crippen molar-refractivity contribution in [3.05, 3.63) is 253 Å². The third-order valence-electron chi connectivity index (χ3n) is 14.9. The molecule has 0 aliphatic heterocycles. The average molecular weight is 1060 g/mol. The lowest BCUT2D eigenvalue weighted by molar-refractivity contribution is 0.918. The van der Waals surface area contributed by atoms with E-state index < -0.39 is 0 Å². The lowest BCUT2D eigenvalue weighted by atomic mass is 9.96. The normalized spacial score (nSPS) is 12.0. The number of thiophene rings is 2. The number of aryl methyl sites for hydroxylation is 2. The van der Waals surface area contributed by atoms with Gasteiger partial charge in [-0.25, -0.2) is 0 Å². The van der Waals surface area contributed by atoms with Gasteiger partial charge in [-0.2, -0.15) is 0 Å². The zero-order chi connectivity index (χ0) is 54.6. The Morgan fingerprint density at radius 1 is 0.367 bits per heavy atom. The van der Waals surface area contributed by atoms with E-state index in [4.69, 9.17) is 0 Å². The van der Waals surface area contributed by atoms with Crippen LogP contribution in [0.5, 0.6) is 0 Å². The van der Waals surface area contributed by atoms with Crippen molar-refractivity contribution < 1.29 is 0 Å². The summed E-state index contributed by atoms with van der Waals surface area (Å²) in [7, 11) is 0. The van der Waals surface area contributed by atoms with Gasteiger partial charge in [-0.15, -0.1) is 22.7 Å². The highest BCUT2D eigenvalue weighted by Crippen LogP contribution is 2.46. The highest BCUT2D eigenvalue weighted by Gasteiger charge is 2.22. The molecule has 0 saturated heterocycles. The SMILES string of the molecule is CC.CC.CC.Cc1ccccc1-c1ccc(N(c2cccc(-c3ccc(N(C4=CC=CCC4)c4ccc5c6cc7c(cc6n(-c6ccccc6)c5c4)sc4ccccc47)cc3)c2)c2ccc3c(c2)sc2ccccc23)cc1C. The van der Waals surface area contributed by atoms with Crippen LogP contribution in [0.3, 0.4) is 0 Å². The number of aromatic nitrogens is 1. The van der Waals surface area contributed by atoms with E-state index in [1.54, 1.807) is 0 Å². The first-order valence-corrected chi connectivity index (χ1v) is 29.8. The maximum absolute atomic E-state index is 2.47. The molecule has 1 aliphatic carbocycles. The van der Waals surface area contributed by atoms with E-state index in [9.17, 15) is 0 Å². The Bertz CT molecular complexity index is 4360. The summed E-state index contributed by atoms with van der Waals surface area (Å²) in [4.78, 5) is 4.90. The quantitative estimate of drug-likeness (QED) is 0.143. The molecule has 390 valence electrons. The maximum atomic E-state index is 2.47. The zero-order valence-electron chi connectivity index (χ0n) is 46.6. The Kier molecular flexibility index (Phi) is 15.5. The molecule has 10 aromatic carbocycles. The fraction of sp³-hybridized carbons (Fsp3) is 0.135. The van der Waals surface area contributed by atoms with Crippen molar-refractivity contribution in [2.45, 2.75) is 68.2 Å². The van der Waals surface area contributed by atoms with Gasteiger partial charge in [0.25, 0.3) is 0 Å². The minimum atomic E-state index is 0.956. The lowest BCUT2D eigenvalue weighted by Crippen LogP contribution is -2.17. The van der Waals surface area contributed by atoms with Crippen LogP contribution in [0.2, 0.25) is 0 Å². The molecule has 5 heteroatoms. The molecule has 3 heterocycles. The van der Waals surface area contributed by atoms with Gasteiger partial charge in [-0.1, -0.05) is 175 Å². The number of rotatable bonds is 9. The molecule has 0 bridgehead atoms. The molecule has 0 saturated carbocycles. The summed E-state index contributed by atoms with van der Waals surface area (Å²) in [5.41, 5.74) is 17.9. The Balaban J connectivity index is 0.00000107. The molecule has 14 rings (SSSR count). The van der Waals surface area contributed by atoms with Gasteiger partial charge < -0.3 is 14.4 Å². The highest BCUT2D eigenvalue weighted by atomic mass is 32.1. The van der Waals surface area contributed by atoms with Crippen LogP contribution in [-0.2, 0) is 0 Å². The molecule has 0 fully saturated rings. The standard InChI is InChI=1S/C68H49N3S2.3C2H6/c1-44-16-9-10-23-55(44)56-35-32-52(38-45(56)2)70(54-34-37-60-58-24-11-13-26-65(58)72-67(60)41-54)51-22-15-17-47(39-51)46-28-30-50(31-29-46)69(48-18-5-3-6-19-48)53-33-36-57-61-42-62-59-25-12-14-27-66(59)73-68(62)43-64(61)71(63(57)40-53)49-20-7-4-8-21-49;3*1-2/h3-5,7-18,20-43H,6,19H2,1-2H3;3*1-2H3. The Labute approximate surface area is 474 Å². The van der Waals surface area contributed by atoms with Crippen molar-refractivity contribution in [1.82, 2.24) is 4.57 Å². The van der Waals surface area contributed by atoms with E-state index in [0.717, 1.165) is 52.5 Å². The summed E-state index contributed by atoms with van der Waals surface area (Å²) < 4.78 is 7.69. The minimum absolute atomic E-state index is 0.956. The second kappa shape index (κ2) is 23.2. The molecular weight excluding hydrogens is 995 g/mol. The van der Waals surface area contributed by atoms with Crippen LogP contribution in [-0.4, -0.2) is 4.57 Å². The van der Waals surface area contributed by atoms with E-state index in [2.05, 4.69) is 265 Å². The van der Waals surface area contributed by atoms with Crippen molar-refractivity contribution in [2.24, 2.45) is 0 Å². The second-order valence-corrected chi connectivity index (χ2v) is 21.5. The molecular formula is C74H67N3S2. The summed E-state index contributed by atoms with van der Waals surface area (Å²) in [6, 6.07) is 81.2. The number of benzene rings is 10. The molecule has 3 nitrogen and oxygen atoms in total. The van der Waals surface area contributed by atoms with Crippen molar-refractivity contribution in [3.63, 3.8) is 0 Å². The van der Waals surface area contributed by atoms with Gasteiger partial charge >= 0.3 is 0 Å². The molecule has 0 spiro atoms. The second-order valence-electron chi connectivity index (χ2n) is 19.3. The van der Waals surface area contributed by atoms with Crippen molar-refractivity contribution >= 4 is 113 Å². The first-order valence-electron chi connectivity index (χ1n) is 28.2. The summed E-state index contributed by atoms with van der Waals surface area (Å²) in [6.45, 7) is 16.4. The molecule has 0 atom stereocenters. The molecule has 79 heavy (non-hydrogen) atoms. The predicted molar refractivity (Wildman–Crippen MR) is 351 cm³/mol. The Hall–Kier alpha value is -8.48. The monoisotopic (exact) mass is 1060 g/mol. The van der Waals surface area contributed by atoms with Crippen LogP contribution in [0.1, 0.15) is 65.5 Å². The van der Waals surface area contributed by atoms with Gasteiger partial charge in [0.15, 0.2) is 0 Å². The van der Waals surface area contributed by atoms with E-state index >= 15 is 0 Å². The number of anilines is 5. The van der Waals surface area contributed by atoms with Gasteiger partial charge in [-0.05, 0) is 163 Å². The molecule has 0 amide bonds. The predicted octanol–water partition coefficient (Wildman–Crippen LogP) is 23.4. The Morgan fingerprint density at radius 3 is 1.65 bits per heavy atom. The fourth-order valence-corrected chi connectivity index (χ4v) is 13.6. The van der Waals surface area contributed by atoms with Gasteiger partial charge in [0.2, 0.25) is 0 Å². The van der Waals surface area contributed by atoms with Gasteiger partial charge in [0.1, 0.15) is 0 Å². The molecule has 0 unspecified atom stereocenters. The van der Waals surface area contributed by atoms with Crippen LogP contribution < -0.4 is 9.80 Å². The lowest BCUT2D eigenvalue weighted by Gasteiger charge is -2.29. The van der Waals surface area contributed by atoms with Crippen LogP contribution in [0.25, 0.3) is 90.1 Å². The first kappa shape index (κ1) is 52.6. The number of fused-ring (bicyclic) bond motifs is 9. The van der Waals surface area contributed by atoms with Crippen molar-refractivity contribution in [2.75, 3.05) is 9.80 Å². The van der Waals surface area contributed by atoms with Crippen LogP contribution in [0, 0.1) is 13.8 Å². The molecule has 13 aromatic rings. The third-order valence-corrected chi connectivity index (χ3v) is 17.2. The van der Waals surface area contributed by atoms with Crippen LogP contribution in [0.15, 0.2) is 242 Å². The highest BCUT2D eigenvalue weighted by molar-refractivity contribution is 7.26. The van der Waals surface area contributed by atoms with Gasteiger partial charge in [0, 0.05) is 90.9 Å². The summed E-state index contributed by atoms with van der Waals surface area (Å²) in [5, 5.41) is 7.77. The number of nitrogens with zero attached hydrogens (tertiary/aromatic N) is 3. The van der Waals surface area contributed by atoms with Crippen LogP contribution >= 0.6 is 22.7 Å². The number of allylic oxidation sites excluding steroid dienone is 4. The van der Waals surface area contributed by atoms with E-state index in [1.807, 2.05) is 64.2 Å². The third kappa shape index (κ3) is 9.83. The summed E-state index contributed by atoms with van der Waals surface area (Å²) in [5.74, 6) is 0. The smallest absolute Gasteiger partial charge is 0.0561 e. The summed E-state index contributed by atoms with van der Waals surface area (Å²) in [6.07, 6.45) is 8.73. The Morgan fingerprint density at radius 2 is 0.937 bits per heavy atom. The van der Waals surface area contributed by atoms with Gasteiger partial charge in [-0.3, -0.25) is 0 Å². The minimum Gasteiger partial charge on any atom is -0.314 e. The van der Waals surface area contributed by atoms with Crippen LogP contribution in [0.4, 0.5) is 28.4 Å². The maximum Gasteiger partial charge on any atom is 0.0561 e. The zero-order valence-corrected chi connectivity index (χ0v) is 48.2. The van der Waals surface area contributed by atoms with E-state index in [1.165, 1.54) is 95.7 Å².